The number of para-hydroxylation sites is 1. The standard InChI is InChI=1S/C19H25N3O/c1-13(2)10-21-19(23)15-9-16(12-20-11-15)22-18-8-6-5-7-17(18)14(3)4/h5-9,11-14,22H,10H2,1-4H3,(H,21,23). The highest BCUT2D eigenvalue weighted by Crippen LogP contribution is 2.26. The minimum Gasteiger partial charge on any atom is -0.354 e. The Morgan fingerprint density at radius 1 is 1.13 bits per heavy atom. The van der Waals surface area contributed by atoms with Gasteiger partial charge in [-0.25, -0.2) is 0 Å². The number of pyridine rings is 1. The molecule has 0 bridgehead atoms. The lowest BCUT2D eigenvalue weighted by Gasteiger charge is -2.15. The molecule has 0 fully saturated rings. The van der Waals surface area contributed by atoms with E-state index in [0.29, 0.717) is 23.9 Å². The molecule has 0 saturated heterocycles. The first-order valence-electron chi connectivity index (χ1n) is 8.06. The molecule has 0 aliphatic carbocycles. The first-order chi connectivity index (χ1) is 11.0. The van der Waals surface area contributed by atoms with E-state index in [1.807, 2.05) is 24.3 Å². The zero-order chi connectivity index (χ0) is 16.8. The summed E-state index contributed by atoms with van der Waals surface area (Å²) in [4.78, 5) is 16.3. The van der Waals surface area contributed by atoms with E-state index >= 15 is 0 Å². The molecule has 2 aromatic rings. The van der Waals surface area contributed by atoms with Crippen LogP contribution in [0.4, 0.5) is 11.4 Å². The van der Waals surface area contributed by atoms with Crippen LogP contribution in [0.25, 0.3) is 0 Å². The molecular formula is C19H25N3O. The summed E-state index contributed by atoms with van der Waals surface area (Å²) in [5.41, 5.74) is 3.67. The van der Waals surface area contributed by atoms with Gasteiger partial charge in [0.1, 0.15) is 0 Å². The molecule has 122 valence electrons. The number of rotatable bonds is 6. The van der Waals surface area contributed by atoms with Crippen molar-refractivity contribution < 1.29 is 4.79 Å². The molecule has 0 saturated carbocycles. The number of hydrogen-bond acceptors (Lipinski definition) is 3. The monoisotopic (exact) mass is 311 g/mol. The van der Waals surface area contributed by atoms with Crippen molar-refractivity contribution in [3.8, 4) is 0 Å². The highest BCUT2D eigenvalue weighted by molar-refractivity contribution is 5.94. The molecule has 2 rings (SSSR count). The lowest BCUT2D eigenvalue weighted by Crippen LogP contribution is -2.27. The molecule has 0 radical (unpaired) electrons. The predicted octanol–water partition coefficient (Wildman–Crippen LogP) is 4.33. The fraction of sp³-hybridized carbons (Fsp3) is 0.368. The number of anilines is 2. The molecule has 0 aliphatic heterocycles. The van der Waals surface area contributed by atoms with Crippen molar-refractivity contribution in [3.63, 3.8) is 0 Å². The van der Waals surface area contributed by atoms with Crippen LogP contribution in [0.5, 0.6) is 0 Å². The van der Waals surface area contributed by atoms with E-state index in [1.165, 1.54) is 5.56 Å². The van der Waals surface area contributed by atoms with Crippen LogP contribution in [0.1, 0.15) is 49.5 Å². The second-order valence-corrected chi connectivity index (χ2v) is 6.43. The summed E-state index contributed by atoms with van der Waals surface area (Å²) in [5.74, 6) is 0.752. The predicted molar refractivity (Wildman–Crippen MR) is 95.2 cm³/mol. The van der Waals surface area contributed by atoms with Crippen molar-refractivity contribution in [2.45, 2.75) is 33.6 Å². The van der Waals surface area contributed by atoms with Crippen molar-refractivity contribution in [2.75, 3.05) is 11.9 Å². The number of aromatic nitrogens is 1. The van der Waals surface area contributed by atoms with E-state index in [9.17, 15) is 4.79 Å². The molecule has 4 heteroatoms. The number of carbonyl (C=O) groups excluding carboxylic acids is 1. The second kappa shape index (κ2) is 7.77. The molecule has 0 unspecified atom stereocenters. The van der Waals surface area contributed by atoms with Crippen molar-refractivity contribution in [1.82, 2.24) is 10.3 Å². The first-order valence-corrected chi connectivity index (χ1v) is 8.06. The number of benzene rings is 1. The third kappa shape index (κ3) is 4.81. The molecule has 0 aliphatic rings. The molecule has 1 aromatic heterocycles. The van der Waals surface area contributed by atoms with Crippen LogP contribution in [0, 0.1) is 5.92 Å². The number of carbonyl (C=O) groups is 1. The van der Waals surface area contributed by atoms with Crippen LogP contribution in [0.3, 0.4) is 0 Å². The lowest BCUT2D eigenvalue weighted by molar-refractivity contribution is 0.0948. The smallest absolute Gasteiger partial charge is 0.252 e. The zero-order valence-electron chi connectivity index (χ0n) is 14.3. The van der Waals surface area contributed by atoms with Gasteiger partial charge in [0.25, 0.3) is 5.91 Å². The minimum absolute atomic E-state index is 0.0907. The molecule has 0 atom stereocenters. The van der Waals surface area contributed by atoms with Gasteiger partial charge in [-0.3, -0.25) is 9.78 Å². The summed E-state index contributed by atoms with van der Waals surface area (Å²) in [5, 5.41) is 6.28. The van der Waals surface area contributed by atoms with E-state index in [-0.39, 0.29) is 5.91 Å². The Kier molecular flexibility index (Phi) is 5.74. The fourth-order valence-electron chi connectivity index (χ4n) is 2.30. The first kappa shape index (κ1) is 17.0. The van der Waals surface area contributed by atoms with Gasteiger partial charge >= 0.3 is 0 Å². The van der Waals surface area contributed by atoms with Crippen LogP contribution >= 0.6 is 0 Å². The van der Waals surface area contributed by atoms with Gasteiger partial charge in [-0.1, -0.05) is 45.9 Å². The summed E-state index contributed by atoms with van der Waals surface area (Å²) in [6.45, 7) is 9.12. The molecule has 23 heavy (non-hydrogen) atoms. The highest BCUT2D eigenvalue weighted by Gasteiger charge is 2.09. The Bertz CT molecular complexity index is 665. The Morgan fingerprint density at radius 2 is 1.87 bits per heavy atom. The maximum atomic E-state index is 12.2. The van der Waals surface area contributed by atoms with E-state index in [2.05, 4.69) is 49.4 Å². The maximum absolute atomic E-state index is 12.2. The molecule has 0 spiro atoms. The van der Waals surface area contributed by atoms with Gasteiger partial charge in [-0.15, -0.1) is 0 Å². The molecule has 1 aromatic carbocycles. The van der Waals surface area contributed by atoms with Crippen LogP contribution < -0.4 is 10.6 Å². The Labute approximate surface area is 138 Å². The Hall–Kier alpha value is -2.36. The van der Waals surface area contributed by atoms with Crippen LogP contribution in [0.15, 0.2) is 42.7 Å². The average Bonchev–Trinajstić information content (AvgIpc) is 2.53. The van der Waals surface area contributed by atoms with Gasteiger partial charge in [-0.2, -0.15) is 0 Å². The molecular weight excluding hydrogens is 286 g/mol. The van der Waals surface area contributed by atoms with Crippen LogP contribution in [0.2, 0.25) is 0 Å². The minimum atomic E-state index is -0.0907. The summed E-state index contributed by atoms with van der Waals surface area (Å²) in [6, 6.07) is 10.0. The number of hydrogen-bond donors (Lipinski definition) is 2. The zero-order valence-corrected chi connectivity index (χ0v) is 14.3. The van der Waals surface area contributed by atoms with E-state index < -0.39 is 0 Å². The van der Waals surface area contributed by atoms with Gasteiger partial charge < -0.3 is 10.6 Å². The largest absolute Gasteiger partial charge is 0.354 e. The van der Waals surface area contributed by atoms with Gasteiger partial charge in [-0.05, 0) is 29.5 Å². The quantitative estimate of drug-likeness (QED) is 0.834. The van der Waals surface area contributed by atoms with E-state index in [1.54, 1.807) is 12.4 Å². The summed E-state index contributed by atoms with van der Waals surface area (Å²) in [7, 11) is 0. The van der Waals surface area contributed by atoms with Gasteiger partial charge in [0.2, 0.25) is 0 Å². The third-order valence-corrected chi connectivity index (χ3v) is 3.53. The van der Waals surface area contributed by atoms with Crippen molar-refractivity contribution in [3.05, 3.63) is 53.9 Å². The van der Waals surface area contributed by atoms with Crippen molar-refractivity contribution in [1.29, 1.82) is 0 Å². The third-order valence-electron chi connectivity index (χ3n) is 3.53. The normalized spacial score (nSPS) is 10.9. The van der Waals surface area contributed by atoms with Gasteiger partial charge in [0.15, 0.2) is 0 Å². The molecule has 4 nitrogen and oxygen atoms in total. The lowest BCUT2D eigenvalue weighted by atomic mass is 10.0. The number of amides is 1. The number of nitrogens with zero attached hydrogens (tertiary/aromatic N) is 1. The number of nitrogens with one attached hydrogen (secondary N) is 2. The topological polar surface area (TPSA) is 54.0 Å². The van der Waals surface area contributed by atoms with Crippen LogP contribution in [-0.2, 0) is 0 Å². The van der Waals surface area contributed by atoms with Crippen molar-refractivity contribution in [2.24, 2.45) is 5.92 Å². The van der Waals surface area contributed by atoms with Crippen molar-refractivity contribution >= 4 is 17.3 Å². The van der Waals surface area contributed by atoms with E-state index in [4.69, 9.17) is 0 Å². The van der Waals surface area contributed by atoms with Crippen LogP contribution in [-0.4, -0.2) is 17.4 Å². The van der Waals surface area contributed by atoms with Gasteiger partial charge in [0, 0.05) is 18.4 Å². The average molecular weight is 311 g/mol. The molecule has 2 N–H and O–H groups in total. The SMILES string of the molecule is CC(C)CNC(=O)c1cncc(Nc2ccccc2C(C)C)c1. The maximum Gasteiger partial charge on any atom is 0.252 e. The molecule has 1 amide bonds. The Balaban J connectivity index is 2.16. The van der Waals surface area contributed by atoms with Gasteiger partial charge in [0.05, 0.1) is 17.4 Å². The second-order valence-electron chi connectivity index (χ2n) is 6.43. The fourth-order valence-corrected chi connectivity index (χ4v) is 2.30. The highest BCUT2D eigenvalue weighted by atomic mass is 16.1. The summed E-state index contributed by atoms with van der Waals surface area (Å²) < 4.78 is 0. The molecule has 1 heterocycles. The summed E-state index contributed by atoms with van der Waals surface area (Å²) >= 11 is 0. The van der Waals surface area contributed by atoms with E-state index in [0.717, 1.165) is 11.4 Å². The summed E-state index contributed by atoms with van der Waals surface area (Å²) in [6.07, 6.45) is 3.32. The Morgan fingerprint density at radius 3 is 2.57 bits per heavy atom.